The van der Waals surface area contributed by atoms with E-state index in [9.17, 15) is 19.1 Å². The summed E-state index contributed by atoms with van der Waals surface area (Å²) in [6.07, 6.45) is 0.809. The van der Waals surface area contributed by atoms with Gasteiger partial charge in [-0.2, -0.15) is 0 Å². The van der Waals surface area contributed by atoms with Crippen LogP contribution in [0, 0.1) is 5.82 Å². The number of aromatic nitrogens is 1. The van der Waals surface area contributed by atoms with Crippen LogP contribution in [0.4, 0.5) is 4.39 Å². The van der Waals surface area contributed by atoms with Gasteiger partial charge in [-0.15, -0.1) is 0 Å². The van der Waals surface area contributed by atoms with Gasteiger partial charge in [0, 0.05) is 18.2 Å². The van der Waals surface area contributed by atoms with Crippen LogP contribution < -0.4 is 10.1 Å². The number of esters is 1. The Morgan fingerprint density at radius 3 is 2.39 bits per heavy atom. The Morgan fingerprint density at radius 2 is 1.79 bits per heavy atom. The van der Waals surface area contributed by atoms with Gasteiger partial charge in [-0.05, 0) is 31.5 Å². The van der Waals surface area contributed by atoms with Crippen LogP contribution in [0.15, 0.2) is 36.5 Å². The molecule has 0 spiro atoms. The SMILES string of the molecule is COc1ccnc(C(=O)N[C@@H](C)C(=O)O[C@@H](C)[C@H](C)c2ccc(F)cc2)c1O. The van der Waals surface area contributed by atoms with Crippen molar-refractivity contribution in [3.05, 3.63) is 53.6 Å². The Morgan fingerprint density at radius 1 is 1.14 bits per heavy atom. The standard InChI is InChI=1S/C20H23FN2O5/c1-11(14-5-7-15(21)8-6-14)13(3)28-20(26)12(2)23-19(25)17-18(24)16(27-4)9-10-22-17/h5-13,24H,1-4H3,(H,23,25)/t11-,12-,13-/m0/s1. The van der Waals surface area contributed by atoms with Crippen molar-refractivity contribution in [2.75, 3.05) is 7.11 Å². The molecular formula is C20H23FN2O5. The summed E-state index contributed by atoms with van der Waals surface area (Å²) in [6.45, 7) is 5.04. The van der Waals surface area contributed by atoms with Crippen LogP contribution in [-0.2, 0) is 9.53 Å². The van der Waals surface area contributed by atoms with Crippen molar-refractivity contribution in [1.29, 1.82) is 0 Å². The van der Waals surface area contributed by atoms with E-state index < -0.39 is 29.8 Å². The number of amides is 1. The first-order valence-corrected chi connectivity index (χ1v) is 8.73. The van der Waals surface area contributed by atoms with Gasteiger partial charge >= 0.3 is 5.97 Å². The normalized spacial score (nSPS) is 13.9. The lowest BCUT2D eigenvalue weighted by Gasteiger charge is -2.23. The number of aromatic hydroxyl groups is 1. The summed E-state index contributed by atoms with van der Waals surface area (Å²) in [5.74, 6) is -2.21. The van der Waals surface area contributed by atoms with Crippen LogP contribution in [0.25, 0.3) is 0 Å². The number of halogens is 1. The molecular weight excluding hydrogens is 367 g/mol. The van der Waals surface area contributed by atoms with Crippen molar-refractivity contribution in [1.82, 2.24) is 10.3 Å². The number of carbonyl (C=O) groups is 2. The van der Waals surface area contributed by atoms with E-state index in [0.717, 1.165) is 5.56 Å². The van der Waals surface area contributed by atoms with Gasteiger partial charge in [-0.25, -0.2) is 14.2 Å². The van der Waals surface area contributed by atoms with Crippen LogP contribution in [0.1, 0.15) is 42.7 Å². The van der Waals surface area contributed by atoms with Gasteiger partial charge in [0.15, 0.2) is 17.2 Å². The quantitative estimate of drug-likeness (QED) is 0.706. The molecule has 0 fully saturated rings. The summed E-state index contributed by atoms with van der Waals surface area (Å²) < 4.78 is 23.4. The number of hydrogen-bond acceptors (Lipinski definition) is 6. The molecule has 0 unspecified atom stereocenters. The average molecular weight is 390 g/mol. The zero-order chi connectivity index (χ0) is 20.8. The van der Waals surface area contributed by atoms with Crippen LogP contribution >= 0.6 is 0 Å². The lowest BCUT2D eigenvalue weighted by atomic mass is 9.96. The van der Waals surface area contributed by atoms with Gasteiger partial charge in [-0.1, -0.05) is 19.1 Å². The van der Waals surface area contributed by atoms with Gasteiger partial charge in [-0.3, -0.25) is 4.79 Å². The molecule has 1 heterocycles. The van der Waals surface area contributed by atoms with Crippen molar-refractivity contribution in [3.63, 3.8) is 0 Å². The van der Waals surface area contributed by atoms with Crippen molar-refractivity contribution in [3.8, 4) is 11.5 Å². The maximum absolute atomic E-state index is 13.0. The Balaban J connectivity index is 1.98. The van der Waals surface area contributed by atoms with Gasteiger partial charge < -0.3 is 19.9 Å². The molecule has 0 radical (unpaired) electrons. The lowest BCUT2D eigenvalue weighted by molar-refractivity contribution is -0.151. The van der Waals surface area contributed by atoms with E-state index in [1.54, 1.807) is 19.1 Å². The van der Waals surface area contributed by atoms with Crippen LogP contribution in [-0.4, -0.2) is 41.2 Å². The summed E-state index contributed by atoms with van der Waals surface area (Å²) >= 11 is 0. The zero-order valence-electron chi connectivity index (χ0n) is 16.1. The van der Waals surface area contributed by atoms with E-state index in [1.807, 2.05) is 6.92 Å². The second-order valence-electron chi connectivity index (χ2n) is 6.39. The largest absolute Gasteiger partial charge is 0.503 e. The molecule has 1 aromatic carbocycles. The first-order valence-electron chi connectivity index (χ1n) is 8.73. The summed E-state index contributed by atoms with van der Waals surface area (Å²) in [5.41, 5.74) is 0.565. The minimum Gasteiger partial charge on any atom is -0.503 e. The Kier molecular flexibility index (Phi) is 6.92. The topological polar surface area (TPSA) is 97.8 Å². The number of carbonyl (C=O) groups excluding carboxylic acids is 2. The second kappa shape index (κ2) is 9.16. The molecule has 0 bridgehead atoms. The van der Waals surface area contributed by atoms with E-state index in [-0.39, 0.29) is 23.2 Å². The predicted molar refractivity (Wildman–Crippen MR) is 99.8 cm³/mol. The highest BCUT2D eigenvalue weighted by atomic mass is 19.1. The predicted octanol–water partition coefficient (Wildman–Crippen LogP) is 2.79. The Bertz CT molecular complexity index is 841. The van der Waals surface area contributed by atoms with Crippen molar-refractivity contribution >= 4 is 11.9 Å². The fraction of sp³-hybridized carbons (Fsp3) is 0.350. The summed E-state index contributed by atoms with van der Waals surface area (Å²) in [4.78, 5) is 28.4. The molecule has 0 aliphatic heterocycles. The van der Waals surface area contributed by atoms with E-state index in [1.165, 1.54) is 38.4 Å². The highest BCUT2D eigenvalue weighted by Crippen LogP contribution is 2.27. The van der Waals surface area contributed by atoms with Gasteiger partial charge in [0.05, 0.1) is 7.11 Å². The maximum atomic E-state index is 13.0. The third-order valence-electron chi connectivity index (χ3n) is 4.43. The number of rotatable bonds is 7. The molecule has 1 amide bonds. The first-order chi connectivity index (χ1) is 13.2. The smallest absolute Gasteiger partial charge is 0.328 e. The van der Waals surface area contributed by atoms with E-state index in [0.29, 0.717) is 0 Å². The molecule has 0 saturated heterocycles. The molecule has 150 valence electrons. The molecule has 2 N–H and O–H groups in total. The van der Waals surface area contributed by atoms with Crippen LogP contribution in [0.2, 0.25) is 0 Å². The number of ether oxygens (including phenoxy) is 2. The minimum atomic E-state index is -0.970. The number of hydrogen-bond donors (Lipinski definition) is 2. The van der Waals surface area contributed by atoms with E-state index >= 15 is 0 Å². The van der Waals surface area contributed by atoms with E-state index in [2.05, 4.69) is 10.3 Å². The fourth-order valence-corrected chi connectivity index (χ4v) is 2.52. The third kappa shape index (κ3) is 4.97. The number of methoxy groups -OCH3 is 1. The Hall–Kier alpha value is -3.16. The van der Waals surface area contributed by atoms with Gasteiger partial charge in [0.2, 0.25) is 0 Å². The molecule has 8 heteroatoms. The number of benzene rings is 1. The number of nitrogens with zero attached hydrogens (tertiary/aromatic N) is 1. The lowest BCUT2D eigenvalue weighted by Crippen LogP contribution is -2.41. The minimum absolute atomic E-state index is 0.0946. The molecule has 3 atom stereocenters. The van der Waals surface area contributed by atoms with Crippen LogP contribution in [0.5, 0.6) is 11.5 Å². The number of nitrogens with one attached hydrogen (secondary N) is 1. The molecule has 28 heavy (non-hydrogen) atoms. The maximum Gasteiger partial charge on any atom is 0.328 e. The molecule has 0 saturated carbocycles. The average Bonchev–Trinajstić information content (AvgIpc) is 2.67. The molecule has 7 nitrogen and oxygen atoms in total. The van der Waals surface area contributed by atoms with E-state index in [4.69, 9.17) is 9.47 Å². The van der Waals surface area contributed by atoms with Gasteiger partial charge in [0.1, 0.15) is 18.0 Å². The first kappa shape index (κ1) is 21.1. The molecule has 1 aromatic heterocycles. The summed E-state index contributed by atoms with van der Waals surface area (Å²) in [7, 11) is 1.35. The molecule has 2 rings (SSSR count). The molecule has 2 aromatic rings. The van der Waals surface area contributed by atoms with Crippen molar-refractivity contribution in [2.24, 2.45) is 0 Å². The molecule has 0 aliphatic rings. The van der Waals surface area contributed by atoms with Gasteiger partial charge in [0.25, 0.3) is 5.91 Å². The van der Waals surface area contributed by atoms with Crippen molar-refractivity contribution < 1.29 is 28.6 Å². The summed E-state index contributed by atoms with van der Waals surface area (Å²) in [5, 5.41) is 12.4. The van der Waals surface area contributed by atoms with Crippen molar-refractivity contribution in [2.45, 2.75) is 38.8 Å². The highest BCUT2D eigenvalue weighted by Gasteiger charge is 2.25. The third-order valence-corrected chi connectivity index (χ3v) is 4.43. The summed E-state index contributed by atoms with van der Waals surface area (Å²) in [6, 6.07) is 6.39. The van der Waals surface area contributed by atoms with Crippen LogP contribution in [0.3, 0.4) is 0 Å². The monoisotopic (exact) mass is 390 g/mol. The molecule has 0 aliphatic carbocycles. The Labute approximate surface area is 162 Å². The zero-order valence-corrected chi connectivity index (χ0v) is 16.1. The fourth-order valence-electron chi connectivity index (χ4n) is 2.52. The second-order valence-corrected chi connectivity index (χ2v) is 6.39. The highest BCUT2D eigenvalue weighted by molar-refractivity contribution is 5.97. The number of pyridine rings is 1.